The van der Waals surface area contributed by atoms with Gasteiger partial charge in [-0.15, -0.1) is 0 Å². The first kappa shape index (κ1) is 29.6. The third-order valence-corrected chi connectivity index (χ3v) is 7.26. The number of benzene rings is 4. The molecule has 1 N–H and O–H groups in total. The van der Waals surface area contributed by atoms with Gasteiger partial charge in [-0.05, 0) is 86.5 Å². The summed E-state index contributed by atoms with van der Waals surface area (Å²) in [5.74, 6) is -0.352. The fourth-order valence-electron chi connectivity index (χ4n) is 3.97. The lowest BCUT2D eigenvalue weighted by Gasteiger charge is -2.13. The van der Waals surface area contributed by atoms with E-state index in [1.54, 1.807) is 43.0 Å². The van der Waals surface area contributed by atoms with Gasteiger partial charge in [-0.2, -0.15) is 0 Å². The summed E-state index contributed by atoms with van der Waals surface area (Å²) in [5.41, 5.74) is 3.39. The third-order valence-electron chi connectivity index (χ3n) is 6.24. The minimum atomic E-state index is -0.927. The Hall–Kier alpha value is -4.36. The molecule has 1 unspecified atom stereocenters. The fourth-order valence-corrected chi connectivity index (χ4v) is 4.78. The van der Waals surface area contributed by atoms with E-state index in [4.69, 9.17) is 9.47 Å². The summed E-state index contributed by atoms with van der Waals surface area (Å²) in [6.07, 6.45) is -0.394. The van der Waals surface area contributed by atoms with Crippen molar-refractivity contribution in [3.8, 4) is 5.75 Å². The molecule has 0 aliphatic heterocycles. The average Bonchev–Trinajstić information content (AvgIpc) is 2.98. The quantitative estimate of drug-likeness (QED) is 0.132. The van der Waals surface area contributed by atoms with Crippen molar-refractivity contribution in [3.05, 3.63) is 120 Å². The number of amides is 1. The highest BCUT2D eigenvalue weighted by atomic mass is 32.2. The molecule has 0 fully saturated rings. The Bertz CT molecular complexity index is 1440. The molecule has 0 aromatic heterocycles. The summed E-state index contributed by atoms with van der Waals surface area (Å²) >= 11 is 1.65. The Morgan fingerprint density at radius 3 is 2.07 bits per heavy atom. The molecular weight excluding hydrogens is 534 g/mol. The summed E-state index contributed by atoms with van der Waals surface area (Å²) in [6, 6.07) is 32.5. The van der Waals surface area contributed by atoms with Gasteiger partial charge in [0.2, 0.25) is 11.7 Å². The number of carbonyl (C=O) groups is 3. The van der Waals surface area contributed by atoms with E-state index in [9.17, 15) is 14.4 Å². The van der Waals surface area contributed by atoms with Crippen LogP contribution < -0.4 is 10.1 Å². The molecule has 41 heavy (non-hydrogen) atoms. The van der Waals surface area contributed by atoms with Gasteiger partial charge in [0.05, 0.1) is 0 Å². The zero-order chi connectivity index (χ0) is 29.0. The number of hydrogen-bond donors (Lipinski definition) is 1. The number of anilines is 1. The van der Waals surface area contributed by atoms with Gasteiger partial charge in [0.15, 0.2) is 6.10 Å². The largest absolute Gasteiger partial charge is 0.489 e. The fraction of sp³-hybridized carbons (Fsp3) is 0.206. The van der Waals surface area contributed by atoms with Crippen LogP contribution in [0.15, 0.2) is 113 Å². The van der Waals surface area contributed by atoms with Crippen LogP contribution in [0, 0.1) is 6.92 Å². The number of aryl methyl sites for hydroxylation is 1. The summed E-state index contributed by atoms with van der Waals surface area (Å²) in [6.45, 7) is 4.04. The molecule has 4 aromatic carbocycles. The van der Waals surface area contributed by atoms with Gasteiger partial charge < -0.3 is 14.8 Å². The molecular formula is C34H33NO5S. The van der Waals surface area contributed by atoms with Crippen molar-refractivity contribution in [2.45, 2.75) is 55.6 Å². The van der Waals surface area contributed by atoms with Crippen LogP contribution in [0.1, 0.15) is 47.7 Å². The molecule has 0 saturated carbocycles. The smallest absolute Gasteiger partial charge is 0.306 e. The number of hydrogen-bond acceptors (Lipinski definition) is 6. The summed E-state index contributed by atoms with van der Waals surface area (Å²) in [5, 5.41) is 2.85. The van der Waals surface area contributed by atoms with E-state index in [-0.39, 0.29) is 24.5 Å². The van der Waals surface area contributed by atoms with Crippen LogP contribution in [-0.2, 0) is 20.9 Å². The lowest BCUT2D eigenvalue weighted by atomic mass is 10.1. The predicted octanol–water partition coefficient (Wildman–Crippen LogP) is 7.65. The molecule has 0 aliphatic rings. The van der Waals surface area contributed by atoms with Crippen molar-refractivity contribution < 1.29 is 23.9 Å². The number of esters is 1. The summed E-state index contributed by atoms with van der Waals surface area (Å²) < 4.78 is 11.1. The van der Waals surface area contributed by atoms with Crippen molar-refractivity contribution >= 4 is 35.1 Å². The van der Waals surface area contributed by atoms with Gasteiger partial charge in [0.1, 0.15) is 12.4 Å². The Labute approximate surface area is 245 Å². The number of Topliss-reactive ketones (excluding diaryl/α,β-unsaturated/α-hetero) is 1. The van der Waals surface area contributed by atoms with Crippen LogP contribution in [0.3, 0.4) is 0 Å². The third kappa shape index (κ3) is 9.65. The van der Waals surface area contributed by atoms with Crippen LogP contribution in [0.2, 0.25) is 0 Å². The molecule has 0 bridgehead atoms. The van der Waals surface area contributed by atoms with E-state index in [0.717, 1.165) is 15.4 Å². The van der Waals surface area contributed by atoms with Crippen LogP contribution >= 0.6 is 11.8 Å². The molecule has 4 aromatic rings. The van der Waals surface area contributed by atoms with E-state index < -0.39 is 12.1 Å². The second-order valence-corrected chi connectivity index (χ2v) is 10.8. The van der Waals surface area contributed by atoms with Crippen molar-refractivity contribution in [1.82, 2.24) is 0 Å². The highest BCUT2D eigenvalue weighted by molar-refractivity contribution is 7.99. The van der Waals surface area contributed by atoms with Crippen molar-refractivity contribution in [3.63, 3.8) is 0 Å². The SMILES string of the molecule is Cc1ccc(Sc2ccc(NC(=O)CCCC(=O)OC(C)C(=O)c3ccc(OCc4ccccc4)cc3)cc2)cc1. The number of carbonyl (C=O) groups excluding carboxylic acids is 3. The lowest BCUT2D eigenvalue weighted by Crippen LogP contribution is -2.24. The Morgan fingerprint density at radius 1 is 0.780 bits per heavy atom. The monoisotopic (exact) mass is 567 g/mol. The van der Waals surface area contributed by atoms with E-state index in [2.05, 4.69) is 36.5 Å². The summed E-state index contributed by atoms with van der Waals surface area (Å²) in [4.78, 5) is 39.6. The molecule has 0 radical (unpaired) electrons. The minimum Gasteiger partial charge on any atom is -0.489 e. The summed E-state index contributed by atoms with van der Waals surface area (Å²) in [7, 11) is 0. The molecule has 7 heteroatoms. The number of ketones is 1. The van der Waals surface area contributed by atoms with E-state index in [1.807, 2.05) is 54.6 Å². The first-order valence-corrected chi connectivity index (χ1v) is 14.3. The van der Waals surface area contributed by atoms with Gasteiger partial charge >= 0.3 is 5.97 Å². The number of nitrogens with one attached hydrogen (secondary N) is 1. The van der Waals surface area contributed by atoms with Crippen LogP contribution in [-0.4, -0.2) is 23.8 Å². The molecule has 1 amide bonds. The predicted molar refractivity (Wildman–Crippen MR) is 161 cm³/mol. The second kappa shape index (κ2) is 14.9. The van der Waals surface area contributed by atoms with Crippen LogP contribution in [0.5, 0.6) is 5.75 Å². The zero-order valence-corrected chi connectivity index (χ0v) is 24.0. The van der Waals surface area contributed by atoms with Gasteiger partial charge in [0, 0.05) is 33.9 Å². The topological polar surface area (TPSA) is 81.7 Å². The molecule has 4 rings (SSSR count). The molecule has 6 nitrogen and oxygen atoms in total. The lowest BCUT2D eigenvalue weighted by molar-refractivity contribution is -0.146. The highest BCUT2D eigenvalue weighted by Gasteiger charge is 2.19. The number of rotatable bonds is 13. The Balaban J connectivity index is 1.14. The van der Waals surface area contributed by atoms with E-state index in [1.165, 1.54) is 5.56 Å². The van der Waals surface area contributed by atoms with Gasteiger partial charge in [-0.25, -0.2) is 0 Å². The number of ether oxygens (including phenoxy) is 2. The maximum Gasteiger partial charge on any atom is 0.306 e. The average molecular weight is 568 g/mol. The van der Waals surface area contributed by atoms with Crippen LogP contribution in [0.4, 0.5) is 5.69 Å². The molecule has 0 saturated heterocycles. The van der Waals surface area contributed by atoms with Gasteiger partial charge in [-0.1, -0.05) is 59.8 Å². The molecule has 0 spiro atoms. The Morgan fingerprint density at radius 2 is 1.41 bits per heavy atom. The zero-order valence-electron chi connectivity index (χ0n) is 23.2. The van der Waals surface area contributed by atoms with Crippen molar-refractivity contribution in [2.75, 3.05) is 5.32 Å². The highest BCUT2D eigenvalue weighted by Crippen LogP contribution is 2.28. The second-order valence-electron chi connectivity index (χ2n) is 9.64. The first-order chi connectivity index (χ1) is 19.9. The minimum absolute atomic E-state index is 0.0451. The van der Waals surface area contributed by atoms with Crippen molar-refractivity contribution in [1.29, 1.82) is 0 Å². The molecule has 1 atom stereocenters. The van der Waals surface area contributed by atoms with Gasteiger partial charge in [-0.3, -0.25) is 14.4 Å². The Kier molecular flexibility index (Phi) is 10.7. The molecule has 210 valence electrons. The first-order valence-electron chi connectivity index (χ1n) is 13.5. The molecule has 0 heterocycles. The standard InChI is InChI=1S/C34H33NO5S/c1-24-11-19-30(20-12-24)41-31-21-15-28(16-22-31)35-32(36)9-6-10-33(37)40-25(2)34(38)27-13-17-29(18-14-27)39-23-26-7-4-3-5-8-26/h3-5,7-8,11-22,25H,6,9-10,23H2,1-2H3,(H,35,36). The van der Waals surface area contributed by atoms with Crippen LogP contribution in [0.25, 0.3) is 0 Å². The van der Waals surface area contributed by atoms with Crippen molar-refractivity contribution in [2.24, 2.45) is 0 Å². The maximum atomic E-state index is 12.7. The van der Waals surface area contributed by atoms with E-state index in [0.29, 0.717) is 30.0 Å². The maximum absolute atomic E-state index is 12.7. The van der Waals surface area contributed by atoms with E-state index >= 15 is 0 Å². The van der Waals surface area contributed by atoms with Gasteiger partial charge in [0.25, 0.3) is 0 Å². The normalized spacial score (nSPS) is 11.4. The molecule has 0 aliphatic carbocycles.